The first kappa shape index (κ1) is 15.9. The summed E-state index contributed by atoms with van der Waals surface area (Å²) in [6.45, 7) is 16.1. The molecule has 0 atom stereocenters. The summed E-state index contributed by atoms with van der Waals surface area (Å²) in [5.41, 5.74) is 0.432. The first-order valence-corrected chi connectivity index (χ1v) is 5.69. The highest BCUT2D eigenvalue weighted by molar-refractivity contribution is 4.75. The minimum atomic E-state index is 0.432. The molecule has 0 aromatic carbocycles. The third-order valence-electron chi connectivity index (χ3n) is 1.77. The number of rotatable bonds is 5. The summed E-state index contributed by atoms with van der Waals surface area (Å²) >= 11 is 0. The van der Waals surface area contributed by atoms with Crippen molar-refractivity contribution in [2.75, 3.05) is 0 Å². The van der Waals surface area contributed by atoms with Crippen molar-refractivity contribution in [1.82, 2.24) is 0 Å². The predicted molar refractivity (Wildman–Crippen MR) is 68.6 cm³/mol. The zero-order valence-electron chi connectivity index (χ0n) is 10.6. The summed E-state index contributed by atoms with van der Waals surface area (Å²) in [5, 5.41) is 0. The zero-order valence-corrected chi connectivity index (χ0v) is 10.6. The van der Waals surface area contributed by atoms with Crippen molar-refractivity contribution in [2.24, 2.45) is 5.41 Å². The number of allylic oxidation sites excluding steroid dienone is 2. The van der Waals surface area contributed by atoms with Crippen molar-refractivity contribution in [3.8, 4) is 0 Å². The molecule has 0 aromatic heterocycles. The fraction of sp³-hybridized carbons (Fsp3) is 0.714. The Balaban J connectivity index is 0. The summed E-state index contributed by atoms with van der Waals surface area (Å²) in [6, 6.07) is 0. The summed E-state index contributed by atoms with van der Waals surface area (Å²) in [6.07, 6.45) is 10.2. The first-order chi connectivity index (χ1) is 6.47. The Bertz CT molecular complexity index is 125. The van der Waals surface area contributed by atoms with Gasteiger partial charge >= 0.3 is 0 Å². The molecule has 0 aliphatic carbocycles. The highest BCUT2D eigenvalue weighted by Crippen LogP contribution is 2.17. The fourth-order valence-corrected chi connectivity index (χ4v) is 0.972. The molecule has 0 fully saturated rings. The molecule has 0 radical (unpaired) electrons. The third-order valence-corrected chi connectivity index (χ3v) is 1.77. The lowest BCUT2D eigenvalue weighted by Gasteiger charge is -2.13. The van der Waals surface area contributed by atoms with Crippen molar-refractivity contribution < 1.29 is 0 Å². The second-order valence-electron chi connectivity index (χ2n) is 4.84. The Morgan fingerprint density at radius 1 is 1.00 bits per heavy atom. The second-order valence-corrected chi connectivity index (χ2v) is 4.84. The van der Waals surface area contributed by atoms with E-state index in [1.807, 2.05) is 12.2 Å². The Hall–Kier alpha value is -0.520. The minimum Gasteiger partial charge on any atom is -0.103 e. The predicted octanol–water partition coefficient (Wildman–Crippen LogP) is 5.36. The van der Waals surface area contributed by atoms with Crippen LogP contribution in [0.2, 0.25) is 0 Å². The molecule has 0 aromatic rings. The van der Waals surface area contributed by atoms with E-state index in [-0.39, 0.29) is 0 Å². The molecule has 0 amide bonds. The van der Waals surface area contributed by atoms with Crippen molar-refractivity contribution in [2.45, 2.75) is 59.8 Å². The lowest BCUT2D eigenvalue weighted by Crippen LogP contribution is -2.01. The monoisotopic (exact) mass is 196 g/mol. The van der Waals surface area contributed by atoms with Gasteiger partial charge in [0.15, 0.2) is 0 Å². The molecule has 14 heavy (non-hydrogen) atoms. The molecule has 0 bridgehead atoms. The minimum absolute atomic E-state index is 0.432. The van der Waals surface area contributed by atoms with Gasteiger partial charge in [-0.1, -0.05) is 52.7 Å². The molecular weight excluding hydrogens is 168 g/mol. The van der Waals surface area contributed by atoms with E-state index in [1.54, 1.807) is 0 Å². The van der Waals surface area contributed by atoms with Crippen molar-refractivity contribution in [3.63, 3.8) is 0 Å². The summed E-state index contributed by atoms with van der Waals surface area (Å²) in [4.78, 5) is 0. The quantitative estimate of drug-likeness (QED) is 0.410. The summed E-state index contributed by atoms with van der Waals surface area (Å²) in [7, 11) is 0. The highest BCUT2D eigenvalue weighted by atomic mass is 14.1. The molecule has 0 saturated heterocycles. The Morgan fingerprint density at radius 2 is 1.57 bits per heavy atom. The molecule has 0 aliphatic heterocycles. The third kappa shape index (κ3) is 22.5. The van der Waals surface area contributed by atoms with Crippen LogP contribution in [0.25, 0.3) is 0 Å². The van der Waals surface area contributed by atoms with Gasteiger partial charge in [-0.15, -0.1) is 13.2 Å². The van der Waals surface area contributed by atoms with Gasteiger partial charge in [0.1, 0.15) is 0 Å². The lowest BCUT2D eigenvalue weighted by molar-refractivity contribution is 0.421. The number of hydrogen-bond acceptors (Lipinski definition) is 0. The van der Waals surface area contributed by atoms with Gasteiger partial charge in [-0.2, -0.15) is 0 Å². The van der Waals surface area contributed by atoms with Crippen LogP contribution in [0, 0.1) is 5.41 Å². The molecule has 0 saturated carbocycles. The van der Waals surface area contributed by atoms with E-state index in [9.17, 15) is 0 Å². The molecule has 0 unspecified atom stereocenters. The van der Waals surface area contributed by atoms with Gasteiger partial charge in [0, 0.05) is 0 Å². The van der Waals surface area contributed by atoms with Crippen LogP contribution in [0.5, 0.6) is 0 Å². The average Bonchev–Trinajstić information content (AvgIpc) is 2.04. The zero-order chi connectivity index (χ0) is 11.4. The van der Waals surface area contributed by atoms with Gasteiger partial charge in [-0.25, -0.2) is 0 Å². The van der Waals surface area contributed by atoms with Crippen molar-refractivity contribution in [1.29, 1.82) is 0 Å². The van der Waals surface area contributed by atoms with Crippen LogP contribution in [0.4, 0.5) is 0 Å². The van der Waals surface area contributed by atoms with E-state index in [0.717, 1.165) is 6.42 Å². The molecule has 0 spiro atoms. The molecule has 0 N–H and O–H groups in total. The summed E-state index contributed by atoms with van der Waals surface area (Å²) in [5.74, 6) is 0. The summed E-state index contributed by atoms with van der Waals surface area (Å²) < 4.78 is 0. The maximum Gasteiger partial charge on any atom is -0.0304 e. The van der Waals surface area contributed by atoms with Crippen LogP contribution < -0.4 is 0 Å². The molecule has 0 heteroatoms. The Kier molecular flexibility index (Phi) is 12.0. The van der Waals surface area contributed by atoms with Gasteiger partial charge in [0.05, 0.1) is 0 Å². The largest absolute Gasteiger partial charge is 0.103 e. The standard InChI is InChI=1S/2C7H14/c1-5-6-7(2,3)4;1-3-5-7-6-4-2/h5H,1,6H2,2-4H3;3H,1,4-7H2,2H3. The van der Waals surface area contributed by atoms with Gasteiger partial charge in [-0.3, -0.25) is 0 Å². The Labute approximate surface area is 91.1 Å². The smallest absolute Gasteiger partial charge is 0.0304 e. The van der Waals surface area contributed by atoms with Crippen LogP contribution in [0.3, 0.4) is 0 Å². The maximum absolute atomic E-state index is 3.65. The van der Waals surface area contributed by atoms with Gasteiger partial charge in [-0.05, 0) is 24.7 Å². The highest BCUT2D eigenvalue weighted by Gasteiger charge is 2.04. The van der Waals surface area contributed by atoms with Crippen LogP contribution in [-0.2, 0) is 0 Å². The lowest BCUT2D eigenvalue weighted by atomic mass is 9.93. The molecular formula is C14H28. The van der Waals surface area contributed by atoms with E-state index in [4.69, 9.17) is 0 Å². The van der Waals surface area contributed by atoms with E-state index in [0.29, 0.717) is 5.41 Å². The van der Waals surface area contributed by atoms with E-state index in [1.165, 1.54) is 25.7 Å². The maximum atomic E-state index is 3.65. The molecule has 84 valence electrons. The average molecular weight is 196 g/mol. The van der Waals surface area contributed by atoms with E-state index in [2.05, 4.69) is 40.9 Å². The van der Waals surface area contributed by atoms with Crippen molar-refractivity contribution >= 4 is 0 Å². The molecule has 0 rings (SSSR count). The molecule has 0 heterocycles. The van der Waals surface area contributed by atoms with Gasteiger partial charge < -0.3 is 0 Å². The van der Waals surface area contributed by atoms with Crippen LogP contribution in [0.1, 0.15) is 59.8 Å². The van der Waals surface area contributed by atoms with Gasteiger partial charge in [0.2, 0.25) is 0 Å². The Morgan fingerprint density at radius 3 is 1.79 bits per heavy atom. The molecule has 0 nitrogen and oxygen atoms in total. The van der Waals surface area contributed by atoms with E-state index < -0.39 is 0 Å². The first-order valence-electron chi connectivity index (χ1n) is 5.69. The van der Waals surface area contributed by atoms with Crippen LogP contribution in [-0.4, -0.2) is 0 Å². The molecule has 0 aliphatic rings. The number of hydrogen-bond donors (Lipinski definition) is 0. The van der Waals surface area contributed by atoms with E-state index >= 15 is 0 Å². The van der Waals surface area contributed by atoms with Gasteiger partial charge in [0.25, 0.3) is 0 Å². The topological polar surface area (TPSA) is 0 Å². The SMILES string of the molecule is C=CCC(C)(C)C.C=CCCCCC. The second kappa shape index (κ2) is 10.6. The normalized spacial score (nSPS) is 10.0. The van der Waals surface area contributed by atoms with Crippen LogP contribution >= 0.6 is 0 Å². The number of unbranched alkanes of at least 4 members (excludes halogenated alkanes) is 3. The van der Waals surface area contributed by atoms with Crippen molar-refractivity contribution in [3.05, 3.63) is 25.3 Å². The fourth-order valence-electron chi connectivity index (χ4n) is 0.972. The van der Waals surface area contributed by atoms with Crippen LogP contribution in [0.15, 0.2) is 25.3 Å².